The van der Waals surface area contributed by atoms with Gasteiger partial charge in [0.15, 0.2) is 0 Å². The Kier molecular flexibility index (Phi) is 6.87. The Morgan fingerprint density at radius 2 is 1.50 bits per heavy atom. The third-order valence-electron chi connectivity index (χ3n) is 3.06. The van der Waals surface area contributed by atoms with Gasteiger partial charge in [-0.05, 0) is 12.0 Å². The SMILES string of the molecule is CCCCCC(/C=C\[Si](C)(C)C)[Si](C)(C)C. The van der Waals surface area contributed by atoms with E-state index >= 15 is 0 Å². The molecule has 0 saturated heterocycles. The molecule has 16 heavy (non-hydrogen) atoms. The highest BCUT2D eigenvalue weighted by Gasteiger charge is 2.24. The van der Waals surface area contributed by atoms with Crippen molar-refractivity contribution >= 4 is 16.1 Å². The number of allylic oxidation sites excluding steroid dienone is 1. The van der Waals surface area contributed by atoms with Crippen molar-refractivity contribution in [3.05, 3.63) is 11.8 Å². The Bertz CT molecular complexity index is 206. The molecule has 0 amide bonds. The first-order valence-corrected chi connectivity index (χ1v) is 14.0. The first-order chi connectivity index (χ1) is 7.17. The zero-order valence-corrected chi connectivity index (χ0v) is 14.6. The van der Waals surface area contributed by atoms with E-state index in [0.29, 0.717) is 0 Å². The molecule has 0 nitrogen and oxygen atoms in total. The summed E-state index contributed by atoms with van der Waals surface area (Å²) in [5.74, 6) is 0. The van der Waals surface area contributed by atoms with Crippen LogP contribution in [-0.4, -0.2) is 16.1 Å². The number of rotatable bonds is 7. The maximum absolute atomic E-state index is 2.58. The number of hydrogen-bond donors (Lipinski definition) is 0. The van der Waals surface area contributed by atoms with E-state index in [4.69, 9.17) is 0 Å². The van der Waals surface area contributed by atoms with Crippen LogP contribution in [0.5, 0.6) is 0 Å². The molecule has 0 radical (unpaired) electrons. The average Bonchev–Trinajstić information content (AvgIpc) is 2.07. The summed E-state index contributed by atoms with van der Waals surface area (Å²) in [6.07, 6.45) is 8.16. The molecule has 96 valence electrons. The summed E-state index contributed by atoms with van der Waals surface area (Å²) in [7, 11) is -2.01. The molecule has 0 aliphatic rings. The summed E-state index contributed by atoms with van der Waals surface area (Å²) in [4.78, 5) is 0. The van der Waals surface area contributed by atoms with E-state index in [1.54, 1.807) is 0 Å². The Labute approximate surface area is 106 Å². The quantitative estimate of drug-likeness (QED) is 0.404. The summed E-state index contributed by atoms with van der Waals surface area (Å²) < 4.78 is 0. The summed E-state index contributed by atoms with van der Waals surface area (Å²) in [5.41, 5.74) is 3.45. The van der Waals surface area contributed by atoms with Gasteiger partial charge in [-0.3, -0.25) is 0 Å². The lowest BCUT2D eigenvalue weighted by Crippen LogP contribution is -2.28. The number of unbranched alkanes of at least 4 members (excludes halogenated alkanes) is 2. The van der Waals surface area contributed by atoms with Crippen LogP contribution in [-0.2, 0) is 0 Å². The molecule has 0 aromatic rings. The monoisotopic (exact) mass is 256 g/mol. The molecule has 0 spiro atoms. The van der Waals surface area contributed by atoms with Gasteiger partial charge >= 0.3 is 0 Å². The lowest BCUT2D eigenvalue weighted by atomic mass is 10.1. The van der Waals surface area contributed by atoms with Crippen LogP contribution in [0.25, 0.3) is 0 Å². The molecule has 0 fully saturated rings. The molecule has 0 N–H and O–H groups in total. The molecule has 0 saturated carbocycles. The molecule has 0 aromatic heterocycles. The molecule has 2 heteroatoms. The lowest BCUT2D eigenvalue weighted by Gasteiger charge is -2.27. The van der Waals surface area contributed by atoms with E-state index in [9.17, 15) is 0 Å². The van der Waals surface area contributed by atoms with Crippen molar-refractivity contribution in [2.75, 3.05) is 0 Å². The van der Waals surface area contributed by atoms with Gasteiger partial charge in [-0.15, -0.1) is 0 Å². The molecule has 0 rings (SSSR count). The first kappa shape index (κ1) is 16.2. The van der Waals surface area contributed by atoms with Gasteiger partial charge < -0.3 is 0 Å². The molecular weight excluding hydrogens is 224 g/mol. The van der Waals surface area contributed by atoms with Crippen LogP contribution in [0.4, 0.5) is 0 Å². The van der Waals surface area contributed by atoms with Crippen molar-refractivity contribution in [2.24, 2.45) is 0 Å². The Hall–Kier alpha value is 0.174. The third kappa shape index (κ3) is 8.34. The van der Waals surface area contributed by atoms with E-state index in [1.165, 1.54) is 25.7 Å². The van der Waals surface area contributed by atoms with Gasteiger partial charge in [0.25, 0.3) is 0 Å². The highest BCUT2D eigenvalue weighted by molar-refractivity contribution is 6.81. The fraction of sp³-hybridized carbons (Fsp3) is 0.857. The van der Waals surface area contributed by atoms with Crippen molar-refractivity contribution in [1.29, 1.82) is 0 Å². The molecule has 1 atom stereocenters. The van der Waals surface area contributed by atoms with Crippen molar-refractivity contribution in [2.45, 2.75) is 77.4 Å². The zero-order chi connectivity index (χ0) is 12.8. The van der Waals surface area contributed by atoms with Gasteiger partial charge in [0.1, 0.15) is 0 Å². The Balaban J connectivity index is 4.39. The maximum atomic E-state index is 2.58. The van der Waals surface area contributed by atoms with Crippen LogP contribution in [0.1, 0.15) is 32.6 Å². The Morgan fingerprint density at radius 1 is 0.938 bits per heavy atom. The average molecular weight is 257 g/mol. The van der Waals surface area contributed by atoms with E-state index in [2.05, 4.69) is 58.0 Å². The topological polar surface area (TPSA) is 0 Å². The predicted octanol–water partition coefficient (Wildman–Crippen LogP) is 5.71. The number of hydrogen-bond acceptors (Lipinski definition) is 0. The standard InChI is InChI=1S/C14H32Si2/c1-8-9-10-11-14(16(5,6)7)12-13-15(2,3)4/h12-14H,8-11H2,1-7H3/b13-12-. The summed E-state index contributed by atoms with van der Waals surface area (Å²) in [6, 6.07) is 0. The minimum atomic E-state index is -1.00. The maximum Gasteiger partial charge on any atom is 0.0682 e. The van der Waals surface area contributed by atoms with Crippen LogP contribution < -0.4 is 0 Å². The molecule has 0 aromatic carbocycles. The van der Waals surface area contributed by atoms with Crippen molar-refractivity contribution < 1.29 is 0 Å². The van der Waals surface area contributed by atoms with Gasteiger partial charge in [0.2, 0.25) is 0 Å². The molecule has 0 aliphatic heterocycles. The second kappa shape index (κ2) is 6.80. The molecule has 0 bridgehead atoms. The largest absolute Gasteiger partial charge is 0.0989 e. The van der Waals surface area contributed by atoms with E-state index < -0.39 is 16.1 Å². The van der Waals surface area contributed by atoms with E-state index in [-0.39, 0.29) is 0 Å². The van der Waals surface area contributed by atoms with E-state index in [1.807, 2.05) is 0 Å². The van der Waals surface area contributed by atoms with Gasteiger partial charge in [-0.25, -0.2) is 0 Å². The summed E-state index contributed by atoms with van der Waals surface area (Å²) >= 11 is 0. The zero-order valence-electron chi connectivity index (χ0n) is 12.6. The fourth-order valence-electron chi connectivity index (χ4n) is 1.84. The highest BCUT2D eigenvalue weighted by Crippen LogP contribution is 2.29. The highest BCUT2D eigenvalue weighted by atomic mass is 28.3. The summed E-state index contributed by atoms with van der Waals surface area (Å²) in [6.45, 7) is 17.1. The lowest BCUT2D eigenvalue weighted by molar-refractivity contribution is 0.666. The molecule has 0 aliphatic carbocycles. The van der Waals surface area contributed by atoms with E-state index in [0.717, 1.165) is 5.54 Å². The van der Waals surface area contributed by atoms with Crippen LogP contribution in [0.3, 0.4) is 0 Å². The minimum absolute atomic E-state index is 0.894. The van der Waals surface area contributed by atoms with Crippen LogP contribution >= 0.6 is 0 Å². The van der Waals surface area contributed by atoms with Crippen LogP contribution in [0.15, 0.2) is 11.8 Å². The van der Waals surface area contributed by atoms with Gasteiger partial charge in [-0.1, -0.05) is 77.2 Å². The first-order valence-electron chi connectivity index (χ1n) is 6.86. The van der Waals surface area contributed by atoms with Crippen molar-refractivity contribution in [3.63, 3.8) is 0 Å². The smallest absolute Gasteiger partial charge is 0.0682 e. The molecule has 0 heterocycles. The van der Waals surface area contributed by atoms with Crippen LogP contribution in [0.2, 0.25) is 44.8 Å². The van der Waals surface area contributed by atoms with Crippen LogP contribution in [0, 0.1) is 0 Å². The predicted molar refractivity (Wildman–Crippen MR) is 83.7 cm³/mol. The second-order valence-electron chi connectivity index (χ2n) is 7.19. The molecule has 1 unspecified atom stereocenters. The van der Waals surface area contributed by atoms with Gasteiger partial charge in [-0.2, -0.15) is 0 Å². The van der Waals surface area contributed by atoms with Gasteiger partial charge in [0.05, 0.1) is 16.1 Å². The van der Waals surface area contributed by atoms with Crippen molar-refractivity contribution in [1.82, 2.24) is 0 Å². The fourth-order valence-corrected chi connectivity index (χ4v) is 4.58. The molecular formula is C14H32Si2. The second-order valence-corrected chi connectivity index (χ2v) is 17.7. The normalized spacial score (nSPS) is 15.7. The van der Waals surface area contributed by atoms with Gasteiger partial charge in [0, 0.05) is 0 Å². The minimum Gasteiger partial charge on any atom is -0.0989 e. The third-order valence-corrected chi connectivity index (χ3v) is 6.96. The summed E-state index contributed by atoms with van der Waals surface area (Å²) in [5, 5.41) is 0. The Morgan fingerprint density at radius 3 is 1.88 bits per heavy atom. The van der Waals surface area contributed by atoms with Crippen molar-refractivity contribution in [3.8, 4) is 0 Å².